The summed E-state index contributed by atoms with van der Waals surface area (Å²) in [5.41, 5.74) is 4.79. The van der Waals surface area contributed by atoms with Gasteiger partial charge < -0.3 is 44.7 Å². The Kier molecular flexibility index (Phi) is 15.7. The SMILES string of the molecule is Cc1ncsc1-c1ccc([C@H](C)NC(=O)[C@@H]2C[C@@H](O)CN2C(=O)C(NC(=O)COCCOCCCOc2ccc(Oc3c(-c4ccc(F)cc4)sc4cc(O)ccc34)cc2)C(C)(C)C)cc1. The molecule has 1 fully saturated rings. The molecule has 1 aliphatic heterocycles. The van der Waals surface area contributed by atoms with Crippen LogP contribution >= 0.6 is 22.7 Å². The number of benzene rings is 4. The molecular weight excluding hydrogens is 884 g/mol. The van der Waals surface area contributed by atoms with Gasteiger partial charge in [-0.1, -0.05) is 57.2 Å². The normalized spacial score (nSPS) is 16.0. The largest absolute Gasteiger partial charge is 0.508 e. The number of phenolic OH excluding ortho intramolecular Hbond substituents is 1. The molecule has 0 spiro atoms. The Labute approximate surface area is 391 Å². The zero-order valence-electron chi connectivity index (χ0n) is 37.5. The molecule has 1 aliphatic rings. The van der Waals surface area contributed by atoms with E-state index in [-0.39, 0.29) is 56.3 Å². The quantitative estimate of drug-likeness (QED) is 0.0576. The first-order valence-electron chi connectivity index (χ1n) is 21.8. The number of rotatable bonds is 19. The van der Waals surface area contributed by atoms with Crippen molar-refractivity contribution < 1.29 is 47.9 Å². The topological polar surface area (TPSA) is 169 Å². The van der Waals surface area contributed by atoms with Gasteiger partial charge in [0.1, 0.15) is 41.8 Å². The Morgan fingerprint density at radius 3 is 2.26 bits per heavy atom. The van der Waals surface area contributed by atoms with Gasteiger partial charge in [0.15, 0.2) is 5.75 Å². The minimum Gasteiger partial charge on any atom is -0.508 e. The number of amides is 3. The third-order valence-electron chi connectivity index (χ3n) is 11.1. The van der Waals surface area contributed by atoms with Crippen LogP contribution in [-0.4, -0.2) is 95.6 Å². The van der Waals surface area contributed by atoms with Crippen LogP contribution in [-0.2, 0) is 23.9 Å². The van der Waals surface area contributed by atoms with Crippen molar-refractivity contribution in [2.45, 2.75) is 71.7 Å². The molecule has 1 unspecified atom stereocenters. The van der Waals surface area contributed by atoms with E-state index < -0.39 is 35.4 Å². The number of likely N-dealkylation sites (tertiary alicyclic amines) is 1. The molecule has 348 valence electrons. The Balaban J connectivity index is 0.812. The number of nitrogens with one attached hydrogen (secondary N) is 2. The average Bonchev–Trinajstić information content (AvgIpc) is 4.01. The smallest absolute Gasteiger partial charge is 0.246 e. The zero-order chi connectivity index (χ0) is 47.0. The molecule has 0 bridgehead atoms. The number of carbonyl (C=O) groups is 3. The maximum atomic E-state index is 14.0. The third-order valence-corrected chi connectivity index (χ3v) is 13.3. The highest BCUT2D eigenvalue weighted by molar-refractivity contribution is 7.22. The number of β-amino-alcohol motifs (C(OH)–C–C–N with tert-alkyl or cyclic N) is 1. The Bertz CT molecular complexity index is 2590. The number of aryl methyl sites for hydroxylation is 1. The van der Waals surface area contributed by atoms with Gasteiger partial charge in [-0.15, -0.1) is 22.7 Å². The highest BCUT2D eigenvalue weighted by Crippen LogP contribution is 2.47. The summed E-state index contributed by atoms with van der Waals surface area (Å²) in [5.74, 6) is 0.347. The minimum atomic E-state index is -0.979. The summed E-state index contributed by atoms with van der Waals surface area (Å²) in [4.78, 5) is 48.3. The summed E-state index contributed by atoms with van der Waals surface area (Å²) in [6.07, 6.45) is -0.197. The van der Waals surface area contributed by atoms with Crippen LogP contribution < -0.4 is 20.1 Å². The number of aliphatic hydroxyl groups is 1. The summed E-state index contributed by atoms with van der Waals surface area (Å²) >= 11 is 3.02. The second-order valence-corrected chi connectivity index (χ2v) is 19.2. The van der Waals surface area contributed by atoms with E-state index in [0.29, 0.717) is 36.9 Å². The number of hydrogen-bond donors (Lipinski definition) is 4. The third kappa shape index (κ3) is 12.1. The van der Waals surface area contributed by atoms with E-state index in [0.717, 1.165) is 42.2 Å². The predicted molar refractivity (Wildman–Crippen MR) is 254 cm³/mol. The molecule has 2 aromatic heterocycles. The monoisotopic (exact) mass is 938 g/mol. The standard InChI is InChI=1S/C50H55FN4O9S2/c1-30(32-7-9-33(10-8-32)45-31(2)52-29-65-45)53-48(59)41-25-37(57)27-55(41)49(60)47(50(3,4)5)54-43(58)28-62-24-23-61-21-6-22-63-38-16-18-39(19-17-38)64-44-40-20-15-36(56)26-42(40)66-46(44)34-11-13-35(51)14-12-34/h7-20,26,29-30,37,41,47,56-57H,6,21-25,27-28H2,1-5H3,(H,53,59)(H,54,58)/t30-,37+,41-,47?/m0/s1. The van der Waals surface area contributed by atoms with Gasteiger partial charge in [0, 0.05) is 36.1 Å². The fourth-order valence-electron chi connectivity index (χ4n) is 7.63. The Hall–Kier alpha value is -5.91. The lowest BCUT2D eigenvalue weighted by Gasteiger charge is -2.35. The van der Waals surface area contributed by atoms with E-state index in [9.17, 15) is 29.0 Å². The summed E-state index contributed by atoms with van der Waals surface area (Å²) in [6.45, 7) is 10.2. The van der Waals surface area contributed by atoms with Gasteiger partial charge in [0.05, 0.1) is 52.9 Å². The van der Waals surface area contributed by atoms with E-state index in [4.69, 9.17) is 18.9 Å². The van der Waals surface area contributed by atoms with Crippen molar-refractivity contribution in [3.63, 3.8) is 0 Å². The lowest BCUT2D eigenvalue weighted by Crippen LogP contribution is -2.58. The summed E-state index contributed by atoms with van der Waals surface area (Å²) in [5, 5.41) is 27.3. The van der Waals surface area contributed by atoms with Crippen molar-refractivity contribution in [2.24, 2.45) is 5.41 Å². The number of thiophene rings is 1. The van der Waals surface area contributed by atoms with Crippen LogP contribution in [0, 0.1) is 18.2 Å². The highest BCUT2D eigenvalue weighted by atomic mass is 32.1. The lowest BCUT2D eigenvalue weighted by atomic mass is 9.85. The molecule has 0 aliphatic carbocycles. The Morgan fingerprint density at radius 2 is 1.56 bits per heavy atom. The van der Waals surface area contributed by atoms with Crippen LogP contribution in [0.3, 0.4) is 0 Å². The van der Waals surface area contributed by atoms with Crippen LogP contribution in [0.2, 0.25) is 0 Å². The van der Waals surface area contributed by atoms with E-state index in [2.05, 4.69) is 15.6 Å². The number of ether oxygens (including phenoxy) is 4. The lowest BCUT2D eigenvalue weighted by molar-refractivity contribution is -0.144. The van der Waals surface area contributed by atoms with Crippen molar-refractivity contribution in [1.29, 1.82) is 0 Å². The molecule has 3 heterocycles. The number of aromatic hydroxyl groups is 1. The van der Waals surface area contributed by atoms with E-state index in [1.165, 1.54) is 28.4 Å². The van der Waals surface area contributed by atoms with Crippen molar-refractivity contribution in [2.75, 3.05) is 39.6 Å². The number of fused-ring (bicyclic) bond motifs is 1. The summed E-state index contributed by atoms with van der Waals surface area (Å²) < 4.78 is 38.0. The first-order chi connectivity index (χ1) is 31.6. The number of phenols is 1. The van der Waals surface area contributed by atoms with E-state index in [1.807, 2.05) is 76.5 Å². The molecule has 4 atom stereocenters. The van der Waals surface area contributed by atoms with Crippen molar-refractivity contribution in [3.8, 4) is 43.9 Å². The molecule has 6 aromatic rings. The maximum Gasteiger partial charge on any atom is 0.246 e. The molecule has 0 radical (unpaired) electrons. The van der Waals surface area contributed by atoms with E-state index >= 15 is 0 Å². The van der Waals surface area contributed by atoms with E-state index in [1.54, 1.807) is 53.8 Å². The van der Waals surface area contributed by atoms with Gasteiger partial charge >= 0.3 is 0 Å². The second-order valence-electron chi connectivity index (χ2n) is 17.3. The maximum absolute atomic E-state index is 14.0. The van der Waals surface area contributed by atoms with Crippen LogP contribution in [0.25, 0.3) is 31.0 Å². The summed E-state index contributed by atoms with van der Waals surface area (Å²) in [6, 6.07) is 24.2. The molecule has 4 aromatic carbocycles. The summed E-state index contributed by atoms with van der Waals surface area (Å²) in [7, 11) is 0. The molecular formula is C50H55FN4O9S2. The van der Waals surface area contributed by atoms with Gasteiger partial charge in [0.25, 0.3) is 0 Å². The number of aliphatic hydroxyl groups excluding tert-OH is 1. The Morgan fingerprint density at radius 1 is 0.879 bits per heavy atom. The number of halogens is 1. The molecule has 13 nitrogen and oxygen atoms in total. The molecule has 1 saturated heterocycles. The van der Waals surface area contributed by atoms with Gasteiger partial charge in [0.2, 0.25) is 17.7 Å². The van der Waals surface area contributed by atoms with Crippen molar-refractivity contribution >= 4 is 50.5 Å². The van der Waals surface area contributed by atoms with Gasteiger partial charge in [-0.2, -0.15) is 0 Å². The average molecular weight is 939 g/mol. The number of carbonyl (C=O) groups excluding carboxylic acids is 3. The predicted octanol–water partition coefficient (Wildman–Crippen LogP) is 8.81. The van der Waals surface area contributed by atoms with Crippen molar-refractivity contribution in [3.05, 3.63) is 114 Å². The number of aromatic nitrogens is 1. The van der Waals surface area contributed by atoms with Gasteiger partial charge in [-0.3, -0.25) is 14.4 Å². The molecule has 4 N–H and O–H groups in total. The van der Waals surface area contributed by atoms with Crippen LogP contribution in [0.5, 0.6) is 23.0 Å². The molecule has 66 heavy (non-hydrogen) atoms. The molecule has 16 heteroatoms. The number of nitrogens with zero attached hydrogens (tertiary/aromatic N) is 2. The fraction of sp³-hybridized carbons (Fsp3) is 0.360. The van der Waals surface area contributed by atoms with Gasteiger partial charge in [-0.25, -0.2) is 9.37 Å². The first-order valence-corrected chi connectivity index (χ1v) is 23.5. The zero-order valence-corrected chi connectivity index (χ0v) is 39.2. The first kappa shape index (κ1) is 48.0. The number of hydrogen-bond acceptors (Lipinski definition) is 12. The van der Waals surface area contributed by atoms with Crippen LogP contribution in [0.1, 0.15) is 57.8 Å². The molecule has 3 amide bonds. The number of thiazole rings is 1. The van der Waals surface area contributed by atoms with Gasteiger partial charge in [-0.05, 0) is 90.6 Å². The fourth-order valence-corrected chi connectivity index (χ4v) is 9.61. The highest BCUT2D eigenvalue weighted by Gasteiger charge is 2.44. The minimum absolute atomic E-state index is 0.0276. The van der Waals surface area contributed by atoms with Crippen LogP contribution in [0.15, 0.2) is 96.5 Å². The van der Waals surface area contributed by atoms with Crippen LogP contribution in [0.4, 0.5) is 4.39 Å². The van der Waals surface area contributed by atoms with Crippen molar-refractivity contribution in [1.82, 2.24) is 20.5 Å². The molecule has 0 saturated carbocycles. The molecule has 7 rings (SSSR count). The second kappa shape index (κ2) is 21.6.